The van der Waals surface area contributed by atoms with Crippen LogP contribution in [0.5, 0.6) is 5.75 Å². The molecule has 0 aromatic heterocycles. The number of ether oxygens (including phenoxy) is 1. The monoisotopic (exact) mass is 416 g/mol. The van der Waals surface area contributed by atoms with Crippen LogP contribution in [0.2, 0.25) is 0 Å². The van der Waals surface area contributed by atoms with Crippen molar-refractivity contribution in [3.8, 4) is 5.75 Å². The zero-order valence-corrected chi connectivity index (χ0v) is 18.2. The summed E-state index contributed by atoms with van der Waals surface area (Å²) in [7, 11) is 0. The molecule has 0 saturated carbocycles. The van der Waals surface area contributed by atoms with Crippen LogP contribution in [-0.2, 0) is 0 Å². The molecule has 0 bridgehead atoms. The first kappa shape index (κ1) is 20.6. The van der Waals surface area contributed by atoms with Gasteiger partial charge in [-0.05, 0) is 30.2 Å². The third-order valence-corrected chi connectivity index (χ3v) is 6.09. The van der Waals surface area contributed by atoms with Crippen LogP contribution >= 0.6 is 12.2 Å². The Bertz CT molecular complexity index is 914. The molecule has 1 fully saturated rings. The van der Waals surface area contributed by atoms with Crippen molar-refractivity contribution >= 4 is 17.2 Å². The second-order valence-electron chi connectivity index (χ2n) is 7.48. The normalized spacial score (nSPS) is 14.7. The van der Waals surface area contributed by atoms with E-state index >= 15 is 0 Å². The Hall–Kier alpha value is -2.69. The Morgan fingerprint density at radius 1 is 0.800 bits per heavy atom. The molecule has 154 valence electrons. The summed E-state index contributed by atoms with van der Waals surface area (Å²) in [6.45, 7) is 6.40. The average Bonchev–Trinajstić information content (AvgIpc) is 2.81. The lowest BCUT2D eigenvalue weighted by atomic mass is 9.96. The maximum atomic E-state index is 5.86. The Morgan fingerprint density at radius 3 is 1.90 bits per heavy atom. The third-order valence-electron chi connectivity index (χ3n) is 5.61. The molecule has 30 heavy (non-hydrogen) atoms. The van der Waals surface area contributed by atoms with Crippen LogP contribution in [0.3, 0.4) is 0 Å². The topological polar surface area (TPSA) is 15.7 Å². The number of hydrogen-bond donors (Lipinski definition) is 0. The molecule has 4 heteroatoms. The molecule has 0 amide bonds. The Morgan fingerprint density at radius 2 is 1.33 bits per heavy atom. The fraction of sp³-hybridized carbons (Fsp3) is 0.269. The molecule has 3 nitrogen and oxygen atoms in total. The first-order chi connectivity index (χ1) is 14.8. The van der Waals surface area contributed by atoms with Gasteiger partial charge >= 0.3 is 0 Å². The molecule has 1 heterocycles. The standard InChI is InChI=1S/C26H28N2OS/c1-2-29-24-16-10-9-15-23(24)26(30)28-19-17-27(18-20-28)25(21-11-5-3-6-12-21)22-13-7-4-8-14-22/h3-16,25H,2,17-20H2,1H3. The van der Waals surface area contributed by atoms with Gasteiger partial charge in [-0.3, -0.25) is 4.90 Å². The number of piperazine rings is 1. The minimum absolute atomic E-state index is 0.263. The number of para-hydroxylation sites is 1. The van der Waals surface area contributed by atoms with E-state index in [-0.39, 0.29) is 6.04 Å². The van der Waals surface area contributed by atoms with Gasteiger partial charge in [0.05, 0.1) is 18.2 Å². The summed E-state index contributed by atoms with van der Waals surface area (Å²) in [6, 6.07) is 29.9. The Labute approximate surface area is 184 Å². The third kappa shape index (κ3) is 4.55. The Balaban J connectivity index is 1.51. The van der Waals surface area contributed by atoms with E-state index in [0.29, 0.717) is 6.61 Å². The van der Waals surface area contributed by atoms with Gasteiger partial charge in [-0.1, -0.05) is 85.0 Å². The molecule has 0 atom stereocenters. The van der Waals surface area contributed by atoms with Gasteiger partial charge in [0.25, 0.3) is 0 Å². The zero-order valence-electron chi connectivity index (χ0n) is 17.4. The molecular formula is C26H28N2OS. The van der Waals surface area contributed by atoms with Crippen LogP contribution in [0.15, 0.2) is 84.9 Å². The minimum atomic E-state index is 0.263. The number of thiocarbonyl (C=S) groups is 1. The highest BCUT2D eigenvalue weighted by molar-refractivity contribution is 7.80. The summed E-state index contributed by atoms with van der Waals surface area (Å²) in [5.74, 6) is 0.874. The molecule has 0 unspecified atom stereocenters. The predicted octanol–water partition coefficient (Wildman–Crippen LogP) is 5.17. The summed E-state index contributed by atoms with van der Waals surface area (Å²) >= 11 is 5.86. The second kappa shape index (κ2) is 9.88. The van der Waals surface area contributed by atoms with E-state index in [1.54, 1.807) is 0 Å². The summed E-state index contributed by atoms with van der Waals surface area (Å²) in [5, 5.41) is 0. The number of nitrogens with zero attached hydrogens (tertiary/aromatic N) is 2. The van der Waals surface area contributed by atoms with Crippen molar-refractivity contribution in [1.82, 2.24) is 9.80 Å². The Kier molecular flexibility index (Phi) is 6.77. The first-order valence-corrected chi connectivity index (χ1v) is 11.0. The number of hydrogen-bond acceptors (Lipinski definition) is 3. The summed E-state index contributed by atoms with van der Waals surface area (Å²) in [5.41, 5.74) is 3.69. The molecule has 3 aromatic rings. The average molecular weight is 417 g/mol. The van der Waals surface area contributed by atoms with Crippen LogP contribution in [-0.4, -0.2) is 47.6 Å². The highest BCUT2D eigenvalue weighted by Gasteiger charge is 2.28. The van der Waals surface area contributed by atoms with Crippen LogP contribution in [0.1, 0.15) is 29.7 Å². The van der Waals surface area contributed by atoms with Gasteiger partial charge in [-0.15, -0.1) is 0 Å². The van der Waals surface area contributed by atoms with Gasteiger partial charge in [0.1, 0.15) is 10.7 Å². The van der Waals surface area contributed by atoms with E-state index < -0.39 is 0 Å². The zero-order chi connectivity index (χ0) is 20.8. The lowest BCUT2D eigenvalue weighted by molar-refractivity contribution is 0.151. The maximum absolute atomic E-state index is 5.86. The lowest BCUT2D eigenvalue weighted by Gasteiger charge is -2.41. The molecule has 4 rings (SSSR count). The van der Waals surface area contributed by atoms with E-state index in [2.05, 4.69) is 76.5 Å². The molecule has 1 saturated heterocycles. The van der Waals surface area contributed by atoms with Gasteiger partial charge in [-0.2, -0.15) is 0 Å². The SMILES string of the molecule is CCOc1ccccc1C(=S)N1CCN(C(c2ccccc2)c2ccccc2)CC1. The minimum Gasteiger partial charge on any atom is -0.493 e. The largest absolute Gasteiger partial charge is 0.493 e. The predicted molar refractivity (Wildman–Crippen MR) is 127 cm³/mol. The highest BCUT2D eigenvalue weighted by Crippen LogP contribution is 2.30. The van der Waals surface area contributed by atoms with E-state index in [4.69, 9.17) is 17.0 Å². The first-order valence-electron chi connectivity index (χ1n) is 10.6. The van der Waals surface area contributed by atoms with Gasteiger partial charge in [0, 0.05) is 26.2 Å². The fourth-order valence-electron chi connectivity index (χ4n) is 4.16. The van der Waals surface area contributed by atoms with Crippen molar-refractivity contribution in [3.63, 3.8) is 0 Å². The number of rotatable bonds is 6. The fourth-order valence-corrected chi connectivity index (χ4v) is 4.51. The van der Waals surface area contributed by atoms with E-state index in [1.165, 1.54) is 11.1 Å². The molecule has 3 aromatic carbocycles. The van der Waals surface area contributed by atoms with Crippen molar-refractivity contribution < 1.29 is 4.74 Å². The summed E-state index contributed by atoms with van der Waals surface area (Å²) in [6.07, 6.45) is 0. The van der Waals surface area contributed by atoms with E-state index in [1.807, 2.05) is 25.1 Å². The molecule has 0 aliphatic carbocycles. The second-order valence-corrected chi connectivity index (χ2v) is 7.87. The van der Waals surface area contributed by atoms with Gasteiger partial charge in [0.2, 0.25) is 0 Å². The molecule has 1 aliphatic rings. The van der Waals surface area contributed by atoms with Gasteiger partial charge < -0.3 is 9.64 Å². The molecule has 1 aliphatic heterocycles. The quantitative estimate of drug-likeness (QED) is 0.515. The van der Waals surface area contributed by atoms with Gasteiger partial charge in [-0.25, -0.2) is 0 Å². The number of benzene rings is 3. The van der Waals surface area contributed by atoms with Crippen molar-refractivity contribution in [1.29, 1.82) is 0 Å². The van der Waals surface area contributed by atoms with Crippen molar-refractivity contribution in [2.24, 2.45) is 0 Å². The highest BCUT2D eigenvalue weighted by atomic mass is 32.1. The van der Waals surface area contributed by atoms with Crippen LogP contribution in [0, 0.1) is 0 Å². The van der Waals surface area contributed by atoms with Crippen molar-refractivity contribution in [3.05, 3.63) is 102 Å². The molecule has 0 N–H and O–H groups in total. The van der Waals surface area contributed by atoms with E-state index in [0.717, 1.165) is 42.5 Å². The molecular weight excluding hydrogens is 388 g/mol. The summed E-state index contributed by atoms with van der Waals surface area (Å²) < 4.78 is 5.80. The van der Waals surface area contributed by atoms with Crippen LogP contribution in [0.25, 0.3) is 0 Å². The smallest absolute Gasteiger partial charge is 0.129 e. The van der Waals surface area contributed by atoms with Gasteiger partial charge in [0.15, 0.2) is 0 Å². The molecule has 0 spiro atoms. The van der Waals surface area contributed by atoms with E-state index in [9.17, 15) is 0 Å². The molecule has 0 radical (unpaired) electrons. The van der Waals surface area contributed by atoms with Crippen LogP contribution < -0.4 is 4.74 Å². The van der Waals surface area contributed by atoms with Crippen molar-refractivity contribution in [2.45, 2.75) is 13.0 Å². The summed E-state index contributed by atoms with van der Waals surface area (Å²) in [4.78, 5) is 5.77. The maximum Gasteiger partial charge on any atom is 0.129 e. The van der Waals surface area contributed by atoms with Crippen LogP contribution in [0.4, 0.5) is 0 Å². The lowest BCUT2D eigenvalue weighted by Crippen LogP contribution is -2.49. The van der Waals surface area contributed by atoms with Crippen molar-refractivity contribution in [2.75, 3.05) is 32.8 Å².